The fraction of sp³-hybridized carbons (Fsp3) is 0.250. The van der Waals surface area contributed by atoms with Crippen molar-refractivity contribution < 1.29 is 14.3 Å². The van der Waals surface area contributed by atoms with Crippen molar-refractivity contribution >= 4 is 5.97 Å². The highest BCUT2D eigenvalue weighted by Gasteiger charge is 2.05. The van der Waals surface area contributed by atoms with Gasteiger partial charge in [-0.15, -0.1) is 0 Å². The lowest BCUT2D eigenvalue weighted by atomic mass is 10.1. The Bertz CT molecular complexity index is 373. The fourth-order valence-electron chi connectivity index (χ4n) is 1.08. The molecule has 0 aliphatic carbocycles. The molecule has 0 bridgehead atoms. The van der Waals surface area contributed by atoms with Crippen LogP contribution in [0.15, 0.2) is 30.3 Å². The van der Waals surface area contributed by atoms with Gasteiger partial charge in [-0.1, -0.05) is 36.3 Å². The summed E-state index contributed by atoms with van der Waals surface area (Å²) >= 11 is 0. The van der Waals surface area contributed by atoms with Crippen LogP contribution in [0, 0.1) is 11.8 Å². The summed E-state index contributed by atoms with van der Waals surface area (Å²) in [5.41, 5.74) is 0.913. The van der Waals surface area contributed by atoms with Crippen LogP contribution in [-0.2, 0) is 14.3 Å². The second kappa shape index (κ2) is 5.84. The van der Waals surface area contributed by atoms with Crippen molar-refractivity contribution in [3.63, 3.8) is 0 Å². The smallest absolute Gasteiger partial charge is 0.384 e. The zero-order valence-corrected chi connectivity index (χ0v) is 8.69. The van der Waals surface area contributed by atoms with Crippen LogP contribution in [0.3, 0.4) is 0 Å². The molecule has 0 spiro atoms. The Labute approximate surface area is 89.0 Å². The molecule has 0 saturated carbocycles. The SMILES string of the molecule is COC(=O)C#CC(OC)c1ccccc1. The standard InChI is InChI=1S/C12H12O3/c1-14-11(8-9-12(13)15-2)10-6-4-3-5-7-10/h3-7,11H,1-2H3. The van der Waals surface area contributed by atoms with E-state index in [4.69, 9.17) is 4.74 Å². The molecule has 3 heteroatoms. The van der Waals surface area contributed by atoms with Gasteiger partial charge < -0.3 is 9.47 Å². The average molecular weight is 204 g/mol. The molecule has 1 atom stereocenters. The van der Waals surface area contributed by atoms with Gasteiger partial charge in [0.1, 0.15) is 6.10 Å². The lowest BCUT2D eigenvalue weighted by Gasteiger charge is -2.07. The monoisotopic (exact) mass is 204 g/mol. The van der Waals surface area contributed by atoms with Gasteiger partial charge in [-0.3, -0.25) is 0 Å². The highest BCUT2D eigenvalue weighted by atomic mass is 16.5. The minimum absolute atomic E-state index is 0.398. The first-order chi connectivity index (χ1) is 7.27. The van der Waals surface area contributed by atoms with Gasteiger partial charge in [0.15, 0.2) is 0 Å². The normalized spacial score (nSPS) is 11.1. The Hall–Kier alpha value is -1.79. The molecule has 0 aliphatic heterocycles. The van der Waals surface area contributed by atoms with Crippen LogP contribution in [0.25, 0.3) is 0 Å². The number of methoxy groups -OCH3 is 2. The van der Waals surface area contributed by atoms with Crippen LogP contribution in [0.4, 0.5) is 0 Å². The number of carbonyl (C=O) groups is 1. The zero-order valence-electron chi connectivity index (χ0n) is 8.69. The molecule has 0 heterocycles. The molecule has 1 rings (SSSR count). The Morgan fingerprint density at radius 3 is 2.47 bits per heavy atom. The van der Waals surface area contributed by atoms with Gasteiger partial charge in [0.25, 0.3) is 0 Å². The Kier molecular flexibility index (Phi) is 4.39. The quantitative estimate of drug-likeness (QED) is 0.416. The van der Waals surface area contributed by atoms with E-state index in [9.17, 15) is 4.79 Å². The number of ether oxygens (including phenoxy) is 2. The van der Waals surface area contributed by atoms with Crippen LogP contribution in [0.5, 0.6) is 0 Å². The number of esters is 1. The van der Waals surface area contributed by atoms with Crippen molar-refractivity contribution in [1.82, 2.24) is 0 Å². The summed E-state index contributed by atoms with van der Waals surface area (Å²) in [5.74, 6) is 4.47. The minimum Gasteiger partial charge on any atom is -0.459 e. The molecular formula is C12H12O3. The zero-order chi connectivity index (χ0) is 11.1. The molecule has 1 aromatic rings. The maximum absolute atomic E-state index is 10.8. The topological polar surface area (TPSA) is 35.5 Å². The third-order valence-electron chi connectivity index (χ3n) is 1.83. The number of rotatable bonds is 2. The van der Waals surface area contributed by atoms with E-state index in [1.165, 1.54) is 7.11 Å². The molecule has 15 heavy (non-hydrogen) atoms. The highest BCUT2D eigenvalue weighted by molar-refractivity contribution is 5.88. The molecule has 0 amide bonds. The first-order valence-corrected chi connectivity index (χ1v) is 4.45. The molecule has 1 unspecified atom stereocenters. The van der Waals surface area contributed by atoms with E-state index in [0.717, 1.165) is 5.56 Å². The van der Waals surface area contributed by atoms with Crippen molar-refractivity contribution in [3.8, 4) is 11.8 Å². The predicted octanol–water partition coefficient (Wildman–Crippen LogP) is 1.55. The summed E-state index contributed by atoms with van der Waals surface area (Å²) in [7, 11) is 2.84. The Balaban J connectivity index is 2.80. The Morgan fingerprint density at radius 2 is 1.93 bits per heavy atom. The predicted molar refractivity (Wildman–Crippen MR) is 56.0 cm³/mol. The molecule has 0 fully saturated rings. The lowest BCUT2D eigenvalue weighted by Crippen LogP contribution is -2.00. The van der Waals surface area contributed by atoms with Crippen molar-refractivity contribution in [2.75, 3.05) is 14.2 Å². The van der Waals surface area contributed by atoms with Gasteiger partial charge in [-0.2, -0.15) is 0 Å². The van der Waals surface area contributed by atoms with Gasteiger partial charge in [0, 0.05) is 13.0 Å². The fourth-order valence-corrected chi connectivity index (χ4v) is 1.08. The molecule has 3 nitrogen and oxygen atoms in total. The van der Waals surface area contributed by atoms with Crippen LogP contribution < -0.4 is 0 Å². The maximum Gasteiger partial charge on any atom is 0.384 e. The van der Waals surface area contributed by atoms with Crippen LogP contribution in [0.1, 0.15) is 11.7 Å². The van der Waals surface area contributed by atoms with E-state index in [1.807, 2.05) is 30.3 Å². The molecule has 0 aliphatic rings. The number of carbonyl (C=O) groups excluding carboxylic acids is 1. The molecular weight excluding hydrogens is 192 g/mol. The van der Waals surface area contributed by atoms with Gasteiger partial charge >= 0.3 is 5.97 Å². The van der Waals surface area contributed by atoms with Crippen molar-refractivity contribution in [1.29, 1.82) is 0 Å². The number of hydrogen-bond donors (Lipinski definition) is 0. The van der Waals surface area contributed by atoms with E-state index >= 15 is 0 Å². The van der Waals surface area contributed by atoms with Crippen molar-refractivity contribution in [2.24, 2.45) is 0 Å². The molecule has 0 aromatic heterocycles. The first-order valence-electron chi connectivity index (χ1n) is 4.45. The summed E-state index contributed by atoms with van der Waals surface area (Å²) in [6.45, 7) is 0. The molecule has 78 valence electrons. The first kappa shape index (κ1) is 11.3. The average Bonchev–Trinajstić information content (AvgIpc) is 2.31. The Morgan fingerprint density at radius 1 is 1.27 bits per heavy atom. The lowest BCUT2D eigenvalue weighted by molar-refractivity contribution is -0.133. The van der Waals surface area contributed by atoms with Crippen molar-refractivity contribution in [3.05, 3.63) is 35.9 Å². The molecule has 0 saturated heterocycles. The van der Waals surface area contributed by atoms with Gasteiger partial charge in [-0.25, -0.2) is 4.79 Å². The second-order valence-electron chi connectivity index (χ2n) is 2.79. The molecule has 0 radical (unpaired) electrons. The van der Waals surface area contributed by atoms with Crippen molar-refractivity contribution in [2.45, 2.75) is 6.10 Å². The third kappa shape index (κ3) is 3.45. The third-order valence-corrected chi connectivity index (χ3v) is 1.83. The number of benzene rings is 1. The minimum atomic E-state index is -0.562. The second-order valence-corrected chi connectivity index (χ2v) is 2.79. The van der Waals surface area contributed by atoms with Crippen LogP contribution >= 0.6 is 0 Å². The van der Waals surface area contributed by atoms with E-state index in [2.05, 4.69) is 16.6 Å². The summed E-state index contributed by atoms with van der Waals surface area (Å²) in [6, 6.07) is 9.46. The maximum atomic E-state index is 10.8. The summed E-state index contributed by atoms with van der Waals surface area (Å²) in [5, 5.41) is 0. The largest absolute Gasteiger partial charge is 0.459 e. The molecule has 1 aromatic carbocycles. The highest BCUT2D eigenvalue weighted by Crippen LogP contribution is 2.14. The van der Waals surface area contributed by atoms with E-state index in [0.29, 0.717) is 0 Å². The van der Waals surface area contributed by atoms with Gasteiger partial charge in [-0.05, 0) is 5.56 Å². The summed E-state index contributed by atoms with van der Waals surface area (Å²) in [6.07, 6.45) is -0.398. The van der Waals surface area contributed by atoms with Crippen LogP contribution in [-0.4, -0.2) is 20.2 Å². The summed E-state index contributed by atoms with van der Waals surface area (Å²) < 4.78 is 9.56. The molecule has 0 N–H and O–H groups in total. The van der Waals surface area contributed by atoms with E-state index in [1.54, 1.807) is 7.11 Å². The van der Waals surface area contributed by atoms with Gasteiger partial charge in [0.05, 0.1) is 7.11 Å². The van der Waals surface area contributed by atoms with E-state index < -0.39 is 12.1 Å². The van der Waals surface area contributed by atoms with Crippen LogP contribution in [0.2, 0.25) is 0 Å². The summed E-state index contributed by atoms with van der Waals surface area (Å²) in [4.78, 5) is 10.8. The van der Waals surface area contributed by atoms with Gasteiger partial charge in [0.2, 0.25) is 0 Å². The number of hydrogen-bond acceptors (Lipinski definition) is 3. The van der Waals surface area contributed by atoms with E-state index in [-0.39, 0.29) is 0 Å².